The van der Waals surface area contributed by atoms with Gasteiger partial charge >= 0.3 is 0 Å². The van der Waals surface area contributed by atoms with Crippen LogP contribution in [0.1, 0.15) is 5.89 Å². The van der Waals surface area contributed by atoms with Crippen LogP contribution in [0.15, 0.2) is 16.9 Å². The van der Waals surface area contributed by atoms with E-state index in [9.17, 15) is 0 Å². The van der Waals surface area contributed by atoms with Gasteiger partial charge in [0.05, 0.1) is 11.2 Å². The molecule has 10 heteroatoms. The third kappa shape index (κ3) is 1.85. The molecular weight excluding hydrogens is 314 g/mol. The Morgan fingerprint density at radius 2 is 2.19 bits per heavy atom. The molecule has 4 rings (SSSR count). The molecule has 0 unspecified atom stereocenters. The summed E-state index contributed by atoms with van der Waals surface area (Å²) in [6.45, 7) is 1.78. The fraction of sp³-hybridized carbons (Fsp3) is 0.182. The van der Waals surface area contributed by atoms with Crippen LogP contribution in [0.4, 0.5) is 0 Å². The summed E-state index contributed by atoms with van der Waals surface area (Å²) < 4.78 is 8.48. The number of fused-ring (bicyclic) bond motifs is 1. The lowest BCUT2D eigenvalue weighted by molar-refractivity contribution is 0.521. The van der Waals surface area contributed by atoms with Gasteiger partial charge in [0.15, 0.2) is 10.9 Å². The van der Waals surface area contributed by atoms with Crippen molar-refractivity contribution < 1.29 is 4.42 Å². The second kappa shape index (κ2) is 4.37. The number of halogens is 1. The molecule has 4 aromatic rings. The van der Waals surface area contributed by atoms with Gasteiger partial charge in [-0.15, -0.1) is 10.2 Å². The summed E-state index contributed by atoms with van der Waals surface area (Å²) in [6, 6.07) is 0. The molecule has 8 nitrogen and oxygen atoms in total. The first-order chi connectivity index (χ1) is 10.1. The quantitative estimate of drug-likeness (QED) is 0.562. The van der Waals surface area contributed by atoms with E-state index in [0.717, 1.165) is 0 Å². The molecule has 0 spiro atoms. The van der Waals surface area contributed by atoms with Crippen LogP contribution in [0.5, 0.6) is 0 Å². The van der Waals surface area contributed by atoms with Crippen LogP contribution in [-0.4, -0.2) is 34.6 Å². The minimum Gasteiger partial charge on any atom is -0.449 e. The van der Waals surface area contributed by atoms with E-state index >= 15 is 0 Å². The minimum absolute atomic E-state index is 0.499. The predicted octanol–water partition coefficient (Wildman–Crippen LogP) is 2.20. The van der Waals surface area contributed by atoms with Crippen molar-refractivity contribution in [3.63, 3.8) is 0 Å². The summed E-state index contributed by atoms with van der Waals surface area (Å²) in [6.07, 6.45) is 3.13. The third-order valence-electron chi connectivity index (χ3n) is 2.93. The van der Waals surface area contributed by atoms with Crippen molar-refractivity contribution in [1.82, 2.24) is 34.6 Å². The average molecular weight is 322 g/mol. The summed E-state index contributed by atoms with van der Waals surface area (Å²) in [7, 11) is 1.79. The number of oxazole rings is 1. The Balaban J connectivity index is 1.91. The van der Waals surface area contributed by atoms with Gasteiger partial charge in [-0.25, -0.2) is 4.98 Å². The van der Waals surface area contributed by atoms with Gasteiger partial charge in [0.2, 0.25) is 10.8 Å². The first-order valence-corrected chi connectivity index (χ1v) is 7.15. The maximum atomic E-state index is 6.15. The van der Waals surface area contributed by atoms with E-state index in [1.165, 1.54) is 11.3 Å². The maximum Gasteiger partial charge on any atom is 0.235 e. The van der Waals surface area contributed by atoms with Gasteiger partial charge in [0.25, 0.3) is 0 Å². The molecule has 0 saturated heterocycles. The van der Waals surface area contributed by atoms with Gasteiger partial charge in [-0.1, -0.05) is 22.9 Å². The van der Waals surface area contributed by atoms with Gasteiger partial charge in [-0.05, 0) is 0 Å². The molecule has 0 aromatic carbocycles. The van der Waals surface area contributed by atoms with E-state index in [1.807, 2.05) is 0 Å². The highest BCUT2D eigenvalue weighted by Crippen LogP contribution is 2.30. The van der Waals surface area contributed by atoms with E-state index in [0.29, 0.717) is 38.1 Å². The Bertz CT molecular complexity index is 930. The molecule has 0 radical (unpaired) electrons. The Hall–Kier alpha value is -2.26. The first kappa shape index (κ1) is 12.5. The van der Waals surface area contributed by atoms with Crippen LogP contribution in [0.2, 0.25) is 5.02 Å². The average Bonchev–Trinajstić information content (AvgIpc) is 3.16. The maximum absolute atomic E-state index is 6.15. The third-order valence-corrected chi connectivity index (χ3v) is 4.13. The van der Waals surface area contributed by atoms with Crippen molar-refractivity contribution in [2.24, 2.45) is 7.05 Å². The van der Waals surface area contributed by atoms with E-state index in [4.69, 9.17) is 16.0 Å². The largest absolute Gasteiger partial charge is 0.449 e. The number of rotatable bonds is 2. The molecule has 0 atom stereocenters. The molecule has 0 saturated carbocycles. The molecule has 21 heavy (non-hydrogen) atoms. The van der Waals surface area contributed by atoms with Gasteiger partial charge < -0.3 is 4.42 Å². The normalized spacial score (nSPS) is 11.6. The highest BCUT2D eigenvalue weighted by molar-refractivity contribution is 7.19. The molecule has 106 valence electrons. The van der Waals surface area contributed by atoms with Crippen molar-refractivity contribution in [1.29, 1.82) is 0 Å². The van der Waals surface area contributed by atoms with Crippen LogP contribution in [0.25, 0.3) is 27.2 Å². The zero-order valence-corrected chi connectivity index (χ0v) is 12.6. The Morgan fingerprint density at radius 3 is 2.86 bits per heavy atom. The predicted molar refractivity (Wildman–Crippen MR) is 76.1 cm³/mol. The zero-order chi connectivity index (χ0) is 14.6. The summed E-state index contributed by atoms with van der Waals surface area (Å²) in [5.74, 6) is 1.13. The lowest BCUT2D eigenvalue weighted by Crippen LogP contribution is -1.99. The van der Waals surface area contributed by atoms with Crippen LogP contribution in [-0.2, 0) is 7.05 Å². The van der Waals surface area contributed by atoms with Gasteiger partial charge in [0.1, 0.15) is 17.7 Å². The van der Waals surface area contributed by atoms with Crippen molar-refractivity contribution in [3.8, 4) is 22.2 Å². The lowest BCUT2D eigenvalue weighted by Gasteiger charge is -1.98. The highest BCUT2D eigenvalue weighted by atomic mass is 35.5. The summed E-state index contributed by atoms with van der Waals surface area (Å²) >= 11 is 7.52. The van der Waals surface area contributed by atoms with Gasteiger partial charge in [-0.2, -0.15) is 14.7 Å². The van der Waals surface area contributed by atoms with Crippen LogP contribution in [0, 0.1) is 6.92 Å². The first-order valence-electron chi connectivity index (χ1n) is 5.96. The summed E-state index contributed by atoms with van der Waals surface area (Å²) in [5.41, 5.74) is 1.34. The van der Waals surface area contributed by atoms with E-state index < -0.39 is 0 Å². The lowest BCUT2D eigenvalue weighted by atomic mass is 10.4. The number of nitrogens with zero attached hydrogens (tertiary/aromatic N) is 7. The second-order valence-corrected chi connectivity index (χ2v) is 5.70. The summed E-state index contributed by atoms with van der Waals surface area (Å²) in [5, 5.41) is 18.0. The Morgan fingerprint density at radius 1 is 1.33 bits per heavy atom. The second-order valence-electron chi connectivity index (χ2n) is 4.34. The summed E-state index contributed by atoms with van der Waals surface area (Å²) in [4.78, 5) is 4.91. The molecule has 4 aromatic heterocycles. The Kier molecular flexibility index (Phi) is 2.59. The fourth-order valence-corrected chi connectivity index (χ4v) is 3.03. The van der Waals surface area contributed by atoms with Crippen molar-refractivity contribution in [3.05, 3.63) is 23.4 Å². The molecule has 0 aliphatic heterocycles. The van der Waals surface area contributed by atoms with Gasteiger partial charge in [-0.3, -0.25) is 4.68 Å². The molecule has 0 bridgehead atoms. The zero-order valence-electron chi connectivity index (χ0n) is 11.0. The van der Waals surface area contributed by atoms with E-state index in [-0.39, 0.29) is 0 Å². The molecule has 0 aliphatic carbocycles. The number of hydrogen-bond acceptors (Lipinski definition) is 7. The van der Waals surface area contributed by atoms with E-state index in [2.05, 4.69) is 25.4 Å². The monoisotopic (exact) mass is 321 g/mol. The van der Waals surface area contributed by atoms with E-state index in [1.54, 1.807) is 35.6 Å². The van der Waals surface area contributed by atoms with Gasteiger partial charge in [0, 0.05) is 14.0 Å². The minimum atomic E-state index is 0.499. The topological polar surface area (TPSA) is 86.9 Å². The molecular formula is C11H8ClN7OS. The standard InChI is InChI=1S/C11H8ClN7OS/c1-5-14-7(4-20-5)10-17-19-9(15-16-11(19)21-10)8-6(12)3-13-18(8)2/h3-4H,1-2H3. The molecule has 4 heterocycles. The number of aromatic nitrogens is 7. The smallest absolute Gasteiger partial charge is 0.235 e. The number of hydrogen-bond donors (Lipinski definition) is 0. The van der Waals surface area contributed by atoms with Crippen LogP contribution < -0.4 is 0 Å². The van der Waals surface area contributed by atoms with Crippen molar-refractivity contribution in [2.75, 3.05) is 0 Å². The van der Waals surface area contributed by atoms with Crippen LogP contribution >= 0.6 is 22.9 Å². The fourth-order valence-electron chi connectivity index (χ4n) is 1.99. The highest BCUT2D eigenvalue weighted by Gasteiger charge is 2.20. The number of aryl methyl sites for hydroxylation is 2. The Labute approximate surface area is 127 Å². The SMILES string of the molecule is Cc1nc(-c2nn3c(-c4c(Cl)cnn4C)nnc3s2)co1. The van der Waals surface area contributed by atoms with Crippen molar-refractivity contribution >= 4 is 27.9 Å². The molecule has 0 fully saturated rings. The molecule has 0 aliphatic rings. The molecule has 0 amide bonds. The molecule has 0 N–H and O–H groups in total. The van der Waals surface area contributed by atoms with Crippen molar-refractivity contribution in [2.45, 2.75) is 6.92 Å². The van der Waals surface area contributed by atoms with Crippen LogP contribution in [0.3, 0.4) is 0 Å².